The molecule has 98 valence electrons. The number of thiophene rings is 1. The summed E-state index contributed by atoms with van der Waals surface area (Å²) in [4.78, 5) is 9.28. The third kappa shape index (κ3) is 3.10. The standard InChI is InChI=1S/C12H16ClN3OS/c1-12(2,4-5-17)7-14-9-8-3-6-18-10(8)16-11(13)15-9/h3,6,17H,4-5,7H2,1-2H3,(H,14,15,16). The van der Waals surface area contributed by atoms with E-state index in [0.29, 0.717) is 0 Å². The molecule has 0 unspecified atom stereocenters. The summed E-state index contributed by atoms with van der Waals surface area (Å²) in [6.45, 7) is 5.12. The molecule has 4 nitrogen and oxygen atoms in total. The van der Waals surface area contributed by atoms with Gasteiger partial charge >= 0.3 is 0 Å². The van der Waals surface area contributed by atoms with Gasteiger partial charge in [-0.15, -0.1) is 11.3 Å². The first kappa shape index (κ1) is 13.5. The van der Waals surface area contributed by atoms with E-state index in [2.05, 4.69) is 29.1 Å². The molecular weight excluding hydrogens is 270 g/mol. The van der Waals surface area contributed by atoms with Crippen LogP contribution >= 0.6 is 22.9 Å². The maximum atomic E-state index is 9.01. The van der Waals surface area contributed by atoms with E-state index in [1.807, 2.05) is 11.4 Å². The quantitative estimate of drug-likeness (QED) is 0.829. The van der Waals surface area contributed by atoms with Crippen LogP contribution in [0.1, 0.15) is 20.3 Å². The lowest BCUT2D eigenvalue weighted by atomic mass is 9.90. The van der Waals surface area contributed by atoms with Crippen molar-refractivity contribution in [3.8, 4) is 0 Å². The molecule has 0 saturated heterocycles. The number of fused-ring (bicyclic) bond motifs is 1. The van der Waals surface area contributed by atoms with Gasteiger partial charge in [0.05, 0.1) is 5.39 Å². The number of aliphatic hydroxyl groups is 1. The van der Waals surface area contributed by atoms with Crippen LogP contribution in [0.25, 0.3) is 10.2 Å². The van der Waals surface area contributed by atoms with Crippen molar-refractivity contribution in [2.24, 2.45) is 5.41 Å². The van der Waals surface area contributed by atoms with Crippen LogP contribution in [0.2, 0.25) is 5.28 Å². The lowest BCUT2D eigenvalue weighted by Gasteiger charge is -2.24. The van der Waals surface area contributed by atoms with E-state index in [1.165, 1.54) is 0 Å². The van der Waals surface area contributed by atoms with Crippen LogP contribution < -0.4 is 5.32 Å². The Balaban J connectivity index is 2.19. The molecule has 0 aromatic carbocycles. The number of rotatable bonds is 5. The van der Waals surface area contributed by atoms with Crippen LogP contribution in [-0.4, -0.2) is 28.2 Å². The number of aliphatic hydroxyl groups excluding tert-OH is 1. The van der Waals surface area contributed by atoms with Gasteiger partial charge in [0.25, 0.3) is 0 Å². The van der Waals surface area contributed by atoms with Gasteiger partial charge in [0, 0.05) is 13.2 Å². The molecule has 2 N–H and O–H groups in total. The molecule has 0 aliphatic rings. The summed E-state index contributed by atoms with van der Waals surface area (Å²) in [7, 11) is 0. The molecule has 2 aromatic heterocycles. The minimum Gasteiger partial charge on any atom is -0.396 e. The molecule has 0 saturated carbocycles. The Morgan fingerprint density at radius 1 is 1.44 bits per heavy atom. The van der Waals surface area contributed by atoms with E-state index < -0.39 is 0 Å². The molecule has 0 amide bonds. The van der Waals surface area contributed by atoms with E-state index in [9.17, 15) is 0 Å². The second-order valence-electron chi connectivity index (χ2n) is 4.97. The molecule has 2 heterocycles. The van der Waals surface area contributed by atoms with Gasteiger partial charge in [-0.25, -0.2) is 9.97 Å². The van der Waals surface area contributed by atoms with Gasteiger partial charge in [0.2, 0.25) is 5.28 Å². The fourth-order valence-electron chi connectivity index (χ4n) is 1.68. The number of nitrogens with zero attached hydrogens (tertiary/aromatic N) is 2. The van der Waals surface area contributed by atoms with Crippen molar-refractivity contribution in [3.05, 3.63) is 16.7 Å². The molecule has 2 aromatic rings. The summed E-state index contributed by atoms with van der Waals surface area (Å²) >= 11 is 7.44. The average molecular weight is 286 g/mol. The first-order valence-corrected chi connectivity index (χ1v) is 7.03. The van der Waals surface area contributed by atoms with Crippen molar-refractivity contribution in [2.45, 2.75) is 20.3 Å². The second-order valence-corrected chi connectivity index (χ2v) is 6.20. The largest absolute Gasteiger partial charge is 0.396 e. The minimum atomic E-state index is 0.00845. The second kappa shape index (κ2) is 5.38. The van der Waals surface area contributed by atoms with Gasteiger partial charge in [0.1, 0.15) is 10.6 Å². The van der Waals surface area contributed by atoms with Gasteiger partial charge in [-0.3, -0.25) is 0 Å². The number of anilines is 1. The maximum absolute atomic E-state index is 9.01. The highest BCUT2D eigenvalue weighted by Crippen LogP contribution is 2.28. The van der Waals surface area contributed by atoms with Crippen LogP contribution in [0.4, 0.5) is 5.82 Å². The zero-order valence-corrected chi connectivity index (χ0v) is 12.0. The summed E-state index contributed by atoms with van der Waals surface area (Å²) in [5, 5.41) is 15.5. The number of hydrogen-bond donors (Lipinski definition) is 2. The Hall–Kier alpha value is -0.910. The van der Waals surface area contributed by atoms with Gasteiger partial charge < -0.3 is 10.4 Å². The summed E-state index contributed by atoms with van der Waals surface area (Å²) < 4.78 is 0. The summed E-state index contributed by atoms with van der Waals surface area (Å²) in [5.74, 6) is 0.761. The van der Waals surface area contributed by atoms with E-state index in [1.54, 1.807) is 11.3 Å². The zero-order chi connectivity index (χ0) is 13.2. The Kier molecular flexibility index (Phi) is 4.04. The first-order chi connectivity index (χ1) is 8.52. The Morgan fingerprint density at radius 2 is 2.22 bits per heavy atom. The zero-order valence-electron chi connectivity index (χ0n) is 10.4. The van der Waals surface area contributed by atoms with Crippen LogP contribution in [0.3, 0.4) is 0 Å². The van der Waals surface area contributed by atoms with Gasteiger partial charge in [0.15, 0.2) is 0 Å². The molecule has 0 spiro atoms. The Morgan fingerprint density at radius 3 is 2.94 bits per heavy atom. The van der Waals surface area contributed by atoms with E-state index >= 15 is 0 Å². The number of aromatic nitrogens is 2. The minimum absolute atomic E-state index is 0.00845. The van der Waals surface area contributed by atoms with Crippen LogP contribution in [0, 0.1) is 5.41 Å². The summed E-state index contributed by atoms with van der Waals surface area (Å²) in [6, 6.07) is 1.98. The molecular formula is C12H16ClN3OS. The SMILES string of the molecule is CC(C)(CCO)CNc1nc(Cl)nc2sccc12. The number of nitrogens with one attached hydrogen (secondary N) is 1. The molecule has 0 radical (unpaired) electrons. The lowest BCUT2D eigenvalue weighted by Crippen LogP contribution is -2.24. The molecule has 0 aliphatic carbocycles. The summed E-state index contributed by atoms with van der Waals surface area (Å²) in [6.07, 6.45) is 0.742. The monoisotopic (exact) mass is 285 g/mol. The van der Waals surface area contributed by atoms with Crippen molar-refractivity contribution in [3.63, 3.8) is 0 Å². The van der Waals surface area contributed by atoms with Crippen molar-refractivity contribution in [1.29, 1.82) is 0 Å². The fourth-order valence-corrected chi connectivity index (χ4v) is 2.66. The van der Waals surface area contributed by atoms with Crippen molar-refractivity contribution < 1.29 is 5.11 Å². The van der Waals surface area contributed by atoms with Gasteiger partial charge in [-0.2, -0.15) is 0 Å². The van der Waals surface area contributed by atoms with Crippen molar-refractivity contribution in [1.82, 2.24) is 9.97 Å². The van der Waals surface area contributed by atoms with Gasteiger partial charge in [-0.05, 0) is 34.9 Å². The fraction of sp³-hybridized carbons (Fsp3) is 0.500. The first-order valence-electron chi connectivity index (χ1n) is 5.77. The molecule has 6 heteroatoms. The van der Waals surface area contributed by atoms with E-state index in [0.717, 1.165) is 29.0 Å². The van der Waals surface area contributed by atoms with Gasteiger partial charge in [-0.1, -0.05) is 13.8 Å². The molecule has 0 bridgehead atoms. The summed E-state index contributed by atoms with van der Waals surface area (Å²) in [5.41, 5.74) is 0.00845. The highest BCUT2D eigenvalue weighted by molar-refractivity contribution is 7.16. The third-order valence-electron chi connectivity index (χ3n) is 2.82. The van der Waals surface area contributed by atoms with Crippen LogP contribution in [0.15, 0.2) is 11.4 Å². The predicted octanol–water partition coefficient (Wildman–Crippen LogP) is 3.17. The number of halogens is 1. The van der Waals surface area contributed by atoms with Crippen molar-refractivity contribution in [2.75, 3.05) is 18.5 Å². The molecule has 0 atom stereocenters. The third-order valence-corrected chi connectivity index (χ3v) is 3.80. The molecule has 2 rings (SSSR count). The normalized spacial score (nSPS) is 12.0. The molecule has 0 aliphatic heterocycles. The van der Waals surface area contributed by atoms with Crippen LogP contribution in [0.5, 0.6) is 0 Å². The lowest BCUT2D eigenvalue weighted by molar-refractivity contribution is 0.220. The van der Waals surface area contributed by atoms with Crippen molar-refractivity contribution >= 4 is 39.0 Å². The molecule has 18 heavy (non-hydrogen) atoms. The topological polar surface area (TPSA) is 58.0 Å². The highest BCUT2D eigenvalue weighted by Gasteiger charge is 2.18. The predicted molar refractivity (Wildman–Crippen MR) is 76.4 cm³/mol. The average Bonchev–Trinajstić information content (AvgIpc) is 2.73. The number of hydrogen-bond acceptors (Lipinski definition) is 5. The van der Waals surface area contributed by atoms with E-state index in [4.69, 9.17) is 16.7 Å². The van der Waals surface area contributed by atoms with Crippen LogP contribution in [-0.2, 0) is 0 Å². The highest BCUT2D eigenvalue weighted by atomic mass is 35.5. The Labute approximate surface area is 115 Å². The van der Waals surface area contributed by atoms with E-state index in [-0.39, 0.29) is 17.3 Å². The maximum Gasteiger partial charge on any atom is 0.225 e. The Bertz CT molecular complexity index is 541. The molecule has 0 fully saturated rings. The smallest absolute Gasteiger partial charge is 0.225 e.